The van der Waals surface area contributed by atoms with Gasteiger partial charge < -0.3 is 11.1 Å². The average molecular weight is 296 g/mol. The standard InChI is InChI=1S/C15H22ClN3O/c16-14-3-1-13(2-4-14)11-19-7-5-12(6-8-19)10-18-15(20)9-17/h1-4,12H,5-11,17H2,(H,18,20). The molecule has 1 saturated heterocycles. The molecule has 0 spiro atoms. The first kappa shape index (κ1) is 15.3. The van der Waals surface area contributed by atoms with Gasteiger partial charge in [-0.25, -0.2) is 0 Å². The van der Waals surface area contributed by atoms with E-state index >= 15 is 0 Å². The van der Waals surface area contributed by atoms with Crippen LogP contribution in [0.5, 0.6) is 0 Å². The van der Waals surface area contributed by atoms with Gasteiger partial charge in [0.25, 0.3) is 0 Å². The first-order valence-electron chi connectivity index (χ1n) is 7.11. The fourth-order valence-corrected chi connectivity index (χ4v) is 2.65. The molecule has 1 aromatic rings. The van der Waals surface area contributed by atoms with Crippen molar-refractivity contribution in [2.24, 2.45) is 11.7 Å². The molecule has 0 radical (unpaired) electrons. The Balaban J connectivity index is 1.71. The molecule has 20 heavy (non-hydrogen) atoms. The van der Waals surface area contributed by atoms with Crippen LogP contribution in [-0.4, -0.2) is 37.0 Å². The van der Waals surface area contributed by atoms with Crippen molar-refractivity contribution in [3.05, 3.63) is 34.9 Å². The molecule has 0 saturated carbocycles. The lowest BCUT2D eigenvalue weighted by molar-refractivity contribution is -0.120. The summed E-state index contributed by atoms with van der Waals surface area (Å²) >= 11 is 5.89. The molecular weight excluding hydrogens is 274 g/mol. The molecule has 2 rings (SSSR count). The lowest BCUT2D eigenvalue weighted by Gasteiger charge is -2.32. The largest absolute Gasteiger partial charge is 0.355 e. The topological polar surface area (TPSA) is 58.4 Å². The maximum Gasteiger partial charge on any atom is 0.233 e. The molecule has 5 heteroatoms. The lowest BCUT2D eigenvalue weighted by Crippen LogP contribution is -2.39. The highest BCUT2D eigenvalue weighted by Gasteiger charge is 2.19. The van der Waals surface area contributed by atoms with Gasteiger partial charge >= 0.3 is 0 Å². The predicted molar refractivity (Wildman–Crippen MR) is 81.5 cm³/mol. The van der Waals surface area contributed by atoms with E-state index in [1.807, 2.05) is 12.1 Å². The number of nitrogens with zero attached hydrogens (tertiary/aromatic N) is 1. The summed E-state index contributed by atoms with van der Waals surface area (Å²) in [6.45, 7) is 3.96. The predicted octanol–water partition coefficient (Wildman–Crippen LogP) is 1.63. The number of amides is 1. The molecular formula is C15H22ClN3O. The number of halogens is 1. The summed E-state index contributed by atoms with van der Waals surface area (Å²) < 4.78 is 0. The van der Waals surface area contributed by atoms with E-state index in [2.05, 4.69) is 22.3 Å². The Morgan fingerprint density at radius 3 is 2.55 bits per heavy atom. The van der Waals surface area contributed by atoms with Crippen LogP contribution in [0.3, 0.4) is 0 Å². The second kappa shape index (κ2) is 7.62. The molecule has 0 aliphatic carbocycles. The summed E-state index contributed by atoms with van der Waals surface area (Å²) in [6.07, 6.45) is 2.25. The zero-order valence-corrected chi connectivity index (χ0v) is 12.4. The van der Waals surface area contributed by atoms with Gasteiger partial charge in [-0.3, -0.25) is 9.69 Å². The van der Waals surface area contributed by atoms with E-state index in [9.17, 15) is 4.79 Å². The van der Waals surface area contributed by atoms with Crippen molar-refractivity contribution in [1.29, 1.82) is 0 Å². The molecule has 1 aliphatic rings. The van der Waals surface area contributed by atoms with Crippen LogP contribution in [0, 0.1) is 5.92 Å². The Morgan fingerprint density at radius 1 is 1.30 bits per heavy atom. The molecule has 3 N–H and O–H groups in total. The van der Waals surface area contributed by atoms with Crippen LogP contribution in [0.1, 0.15) is 18.4 Å². The summed E-state index contributed by atoms with van der Waals surface area (Å²) in [5.41, 5.74) is 6.57. The molecule has 0 atom stereocenters. The van der Waals surface area contributed by atoms with E-state index in [1.54, 1.807) is 0 Å². The van der Waals surface area contributed by atoms with Crippen molar-refractivity contribution in [1.82, 2.24) is 10.2 Å². The van der Waals surface area contributed by atoms with Crippen molar-refractivity contribution in [2.45, 2.75) is 19.4 Å². The van der Waals surface area contributed by atoms with E-state index in [0.717, 1.165) is 44.0 Å². The molecule has 1 fully saturated rings. The number of hydrogen-bond donors (Lipinski definition) is 2. The zero-order chi connectivity index (χ0) is 14.4. The van der Waals surface area contributed by atoms with Gasteiger partial charge in [-0.2, -0.15) is 0 Å². The number of piperidine rings is 1. The number of likely N-dealkylation sites (tertiary alicyclic amines) is 1. The van der Waals surface area contributed by atoms with Gasteiger partial charge in [0, 0.05) is 18.1 Å². The maximum absolute atomic E-state index is 11.1. The number of rotatable bonds is 5. The minimum absolute atomic E-state index is 0.0615. The number of nitrogens with two attached hydrogens (primary N) is 1. The van der Waals surface area contributed by atoms with Gasteiger partial charge in [-0.15, -0.1) is 0 Å². The van der Waals surface area contributed by atoms with E-state index < -0.39 is 0 Å². The first-order chi connectivity index (χ1) is 9.67. The van der Waals surface area contributed by atoms with Crippen molar-refractivity contribution < 1.29 is 4.79 Å². The summed E-state index contributed by atoms with van der Waals surface area (Å²) in [6, 6.07) is 8.03. The molecule has 0 unspecified atom stereocenters. The number of nitrogens with one attached hydrogen (secondary N) is 1. The fraction of sp³-hybridized carbons (Fsp3) is 0.533. The SMILES string of the molecule is NCC(=O)NCC1CCN(Cc2ccc(Cl)cc2)CC1. The third-order valence-electron chi connectivity index (χ3n) is 3.80. The van der Waals surface area contributed by atoms with E-state index in [0.29, 0.717) is 5.92 Å². The summed E-state index contributed by atoms with van der Waals surface area (Å²) in [5, 5.41) is 3.66. The van der Waals surface area contributed by atoms with Gasteiger partial charge in [0.15, 0.2) is 0 Å². The van der Waals surface area contributed by atoms with Gasteiger partial charge in [0.2, 0.25) is 5.91 Å². The van der Waals surface area contributed by atoms with Gasteiger partial charge in [-0.05, 0) is 49.5 Å². The number of carbonyl (C=O) groups excluding carboxylic acids is 1. The molecule has 1 amide bonds. The van der Waals surface area contributed by atoms with Gasteiger partial charge in [0.05, 0.1) is 6.54 Å². The molecule has 0 bridgehead atoms. The highest BCUT2D eigenvalue weighted by atomic mass is 35.5. The normalized spacial score (nSPS) is 17.1. The Morgan fingerprint density at radius 2 is 1.95 bits per heavy atom. The average Bonchev–Trinajstić information content (AvgIpc) is 2.48. The van der Waals surface area contributed by atoms with Crippen LogP contribution >= 0.6 is 11.6 Å². The van der Waals surface area contributed by atoms with E-state index in [4.69, 9.17) is 17.3 Å². The van der Waals surface area contributed by atoms with E-state index in [1.165, 1.54) is 5.56 Å². The zero-order valence-electron chi connectivity index (χ0n) is 11.6. The van der Waals surface area contributed by atoms with Crippen LogP contribution < -0.4 is 11.1 Å². The number of benzene rings is 1. The third-order valence-corrected chi connectivity index (χ3v) is 4.05. The van der Waals surface area contributed by atoms with Crippen molar-refractivity contribution in [3.8, 4) is 0 Å². The smallest absolute Gasteiger partial charge is 0.233 e. The minimum atomic E-state index is -0.0615. The molecule has 4 nitrogen and oxygen atoms in total. The third kappa shape index (κ3) is 4.78. The maximum atomic E-state index is 11.1. The molecule has 1 heterocycles. The van der Waals surface area contributed by atoms with Crippen molar-refractivity contribution >= 4 is 17.5 Å². The highest BCUT2D eigenvalue weighted by Crippen LogP contribution is 2.19. The highest BCUT2D eigenvalue weighted by molar-refractivity contribution is 6.30. The first-order valence-corrected chi connectivity index (χ1v) is 7.48. The van der Waals surface area contributed by atoms with Crippen LogP contribution in [0.25, 0.3) is 0 Å². The molecule has 0 aromatic heterocycles. The Labute approximate surface area is 125 Å². The number of hydrogen-bond acceptors (Lipinski definition) is 3. The summed E-state index contributed by atoms with van der Waals surface area (Å²) in [7, 11) is 0. The molecule has 110 valence electrons. The second-order valence-electron chi connectivity index (χ2n) is 5.35. The second-order valence-corrected chi connectivity index (χ2v) is 5.79. The van der Waals surface area contributed by atoms with Gasteiger partial charge in [-0.1, -0.05) is 23.7 Å². The van der Waals surface area contributed by atoms with Crippen molar-refractivity contribution in [3.63, 3.8) is 0 Å². The summed E-state index contributed by atoms with van der Waals surface area (Å²) in [5.74, 6) is 0.514. The van der Waals surface area contributed by atoms with Crippen LogP contribution in [0.15, 0.2) is 24.3 Å². The molecule has 1 aliphatic heterocycles. The lowest BCUT2D eigenvalue weighted by atomic mass is 9.96. The molecule has 1 aromatic carbocycles. The van der Waals surface area contributed by atoms with Crippen LogP contribution in [-0.2, 0) is 11.3 Å². The van der Waals surface area contributed by atoms with Gasteiger partial charge in [0.1, 0.15) is 0 Å². The summed E-state index contributed by atoms with van der Waals surface area (Å²) in [4.78, 5) is 13.6. The monoisotopic (exact) mass is 295 g/mol. The van der Waals surface area contributed by atoms with Crippen molar-refractivity contribution in [2.75, 3.05) is 26.2 Å². The number of carbonyl (C=O) groups is 1. The fourth-order valence-electron chi connectivity index (χ4n) is 2.53. The quantitative estimate of drug-likeness (QED) is 0.868. The Bertz CT molecular complexity index is 427. The minimum Gasteiger partial charge on any atom is -0.355 e. The Hall–Kier alpha value is -1.10. The van der Waals surface area contributed by atoms with E-state index in [-0.39, 0.29) is 12.5 Å². The van der Waals surface area contributed by atoms with Crippen LogP contribution in [0.4, 0.5) is 0 Å². The van der Waals surface area contributed by atoms with Crippen LogP contribution in [0.2, 0.25) is 5.02 Å². The Kier molecular flexibility index (Phi) is 5.83.